The highest BCUT2D eigenvalue weighted by Gasteiger charge is 2.09. The topological polar surface area (TPSA) is 85.1 Å². The number of nitro benzene ring substituents is 1. The average molecular weight is 359 g/mol. The van der Waals surface area contributed by atoms with Crippen LogP contribution in [0.1, 0.15) is 5.56 Å². The van der Waals surface area contributed by atoms with Gasteiger partial charge in [0.15, 0.2) is 5.13 Å². The molecule has 6 nitrogen and oxygen atoms in total. The lowest BCUT2D eigenvalue weighted by atomic mass is 10.2. The number of hydrogen-bond acceptors (Lipinski definition) is 6. The number of benzene rings is 2. The third-order valence-electron chi connectivity index (χ3n) is 3.21. The number of non-ortho nitro benzene ring substituents is 1. The predicted molar refractivity (Wildman–Crippen MR) is 96.8 cm³/mol. The second-order valence-electron chi connectivity index (χ2n) is 5.08. The van der Waals surface area contributed by atoms with Crippen molar-refractivity contribution in [1.29, 1.82) is 0 Å². The van der Waals surface area contributed by atoms with Gasteiger partial charge in [0.05, 0.1) is 20.9 Å². The van der Waals surface area contributed by atoms with Gasteiger partial charge in [-0.15, -0.1) is 11.8 Å². The second-order valence-corrected chi connectivity index (χ2v) is 7.16. The molecule has 0 aliphatic heterocycles. The van der Waals surface area contributed by atoms with E-state index >= 15 is 0 Å². The highest BCUT2D eigenvalue weighted by molar-refractivity contribution is 8.00. The first-order chi connectivity index (χ1) is 11.5. The third kappa shape index (κ3) is 3.90. The lowest BCUT2D eigenvalue weighted by Gasteiger charge is -2.02. The summed E-state index contributed by atoms with van der Waals surface area (Å²) in [6, 6.07) is 12.1. The van der Waals surface area contributed by atoms with Crippen molar-refractivity contribution in [2.24, 2.45) is 0 Å². The molecule has 0 saturated carbocycles. The van der Waals surface area contributed by atoms with Crippen LogP contribution in [0.15, 0.2) is 47.4 Å². The molecule has 2 aromatic carbocycles. The van der Waals surface area contributed by atoms with E-state index in [4.69, 9.17) is 0 Å². The van der Waals surface area contributed by atoms with E-state index in [9.17, 15) is 14.9 Å². The summed E-state index contributed by atoms with van der Waals surface area (Å²) in [6.45, 7) is 2.01. The highest BCUT2D eigenvalue weighted by atomic mass is 32.2. The van der Waals surface area contributed by atoms with E-state index in [0.717, 1.165) is 20.7 Å². The van der Waals surface area contributed by atoms with Crippen LogP contribution in [0.4, 0.5) is 10.8 Å². The Hall–Kier alpha value is -2.45. The molecule has 1 amide bonds. The van der Waals surface area contributed by atoms with E-state index in [-0.39, 0.29) is 17.3 Å². The van der Waals surface area contributed by atoms with Crippen LogP contribution in [0.25, 0.3) is 10.2 Å². The van der Waals surface area contributed by atoms with E-state index in [1.165, 1.54) is 35.2 Å². The fourth-order valence-corrected chi connectivity index (χ4v) is 3.73. The Morgan fingerprint density at radius 3 is 2.75 bits per heavy atom. The standard InChI is InChI=1S/C16H13N3O3S2/c1-10-2-7-13-14(8-10)24-16(17-13)18-15(20)9-23-12-5-3-11(4-6-12)19(21)22/h2-8H,9H2,1H3,(H,17,18,20). The number of nitrogens with one attached hydrogen (secondary N) is 1. The van der Waals surface area contributed by atoms with Crippen LogP contribution < -0.4 is 5.32 Å². The number of rotatable bonds is 5. The van der Waals surface area contributed by atoms with E-state index in [2.05, 4.69) is 10.3 Å². The third-order valence-corrected chi connectivity index (χ3v) is 5.15. The number of aromatic nitrogens is 1. The maximum Gasteiger partial charge on any atom is 0.269 e. The number of nitro groups is 1. The molecule has 122 valence electrons. The minimum atomic E-state index is -0.448. The number of anilines is 1. The molecule has 8 heteroatoms. The Balaban J connectivity index is 1.59. The highest BCUT2D eigenvalue weighted by Crippen LogP contribution is 2.27. The van der Waals surface area contributed by atoms with E-state index < -0.39 is 4.92 Å². The normalized spacial score (nSPS) is 10.7. The van der Waals surface area contributed by atoms with Gasteiger partial charge in [-0.2, -0.15) is 0 Å². The summed E-state index contributed by atoms with van der Waals surface area (Å²) in [5, 5.41) is 14.0. The molecule has 0 aliphatic rings. The van der Waals surface area contributed by atoms with E-state index in [1.54, 1.807) is 12.1 Å². The number of amides is 1. The number of thiazole rings is 1. The second kappa shape index (κ2) is 6.98. The molecule has 3 aromatic rings. The maximum absolute atomic E-state index is 12.0. The fourth-order valence-electron chi connectivity index (χ4n) is 2.05. The van der Waals surface area contributed by atoms with Crippen molar-refractivity contribution >= 4 is 50.0 Å². The van der Waals surface area contributed by atoms with Crippen LogP contribution in [-0.4, -0.2) is 21.6 Å². The maximum atomic E-state index is 12.0. The van der Waals surface area contributed by atoms with Crippen molar-refractivity contribution in [2.75, 3.05) is 11.1 Å². The lowest BCUT2D eigenvalue weighted by molar-refractivity contribution is -0.384. The summed E-state index contributed by atoms with van der Waals surface area (Å²) >= 11 is 2.76. The monoisotopic (exact) mass is 359 g/mol. The summed E-state index contributed by atoms with van der Waals surface area (Å²) in [5.74, 6) is 0.0568. The van der Waals surface area contributed by atoms with Gasteiger partial charge < -0.3 is 5.32 Å². The van der Waals surface area contributed by atoms with Crippen molar-refractivity contribution in [3.63, 3.8) is 0 Å². The SMILES string of the molecule is Cc1ccc2nc(NC(=O)CSc3ccc([N+](=O)[O-])cc3)sc2c1. The van der Waals surface area contributed by atoms with Crippen molar-refractivity contribution in [2.45, 2.75) is 11.8 Å². The van der Waals surface area contributed by atoms with Crippen LogP contribution >= 0.6 is 23.1 Å². The zero-order valence-corrected chi connectivity index (χ0v) is 14.3. The predicted octanol–water partition coefficient (Wildman–Crippen LogP) is 4.24. The number of nitrogens with zero attached hydrogens (tertiary/aromatic N) is 2. The molecule has 0 atom stereocenters. The molecule has 1 aromatic heterocycles. The van der Waals surface area contributed by atoms with Gasteiger partial charge in [0, 0.05) is 17.0 Å². The molecule has 0 spiro atoms. The van der Waals surface area contributed by atoms with Crippen LogP contribution in [-0.2, 0) is 4.79 Å². The number of thioether (sulfide) groups is 1. The molecular formula is C16H13N3O3S2. The first-order valence-electron chi connectivity index (χ1n) is 7.05. The Bertz CT molecular complexity index is 907. The summed E-state index contributed by atoms with van der Waals surface area (Å²) in [6.07, 6.45) is 0. The number of aryl methyl sites for hydroxylation is 1. The molecule has 0 radical (unpaired) electrons. The number of hydrogen-bond donors (Lipinski definition) is 1. The molecule has 0 fully saturated rings. The van der Waals surface area contributed by atoms with Crippen LogP contribution in [0, 0.1) is 17.0 Å². The first kappa shape index (κ1) is 16.4. The Kier molecular flexibility index (Phi) is 4.77. The summed E-state index contributed by atoms with van der Waals surface area (Å²) in [7, 11) is 0. The molecule has 0 unspecified atom stereocenters. The molecule has 1 N–H and O–H groups in total. The first-order valence-corrected chi connectivity index (χ1v) is 8.86. The minimum Gasteiger partial charge on any atom is -0.301 e. The zero-order chi connectivity index (χ0) is 17.1. The van der Waals surface area contributed by atoms with Crippen molar-refractivity contribution in [3.05, 3.63) is 58.1 Å². The molecule has 0 aliphatic carbocycles. The van der Waals surface area contributed by atoms with Crippen LogP contribution in [0.3, 0.4) is 0 Å². The quantitative estimate of drug-likeness (QED) is 0.418. The van der Waals surface area contributed by atoms with Gasteiger partial charge in [-0.25, -0.2) is 4.98 Å². The number of fused-ring (bicyclic) bond motifs is 1. The Morgan fingerprint density at radius 1 is 1.29 bits per heavy atom. The van der Waals surface area contributed by atoms with Crippen molar-refractivity contribution in [3.8, 4) is 0 Å². The fraction of sp³-hybridized carbons (Fsp3) is 0.125. The van der Waals surface area contributed by atoms with Crippen LogP contribution in [0.5, 0.6) is 0 Å². The van der Waals surface area contributed by atoms with Gasteiger partial charge in [0.1, 0.15) is 0 Å². The molecule has 1 heterocycles. The summed E-state index contributed by atoms with van der Waals surface area (Å²) in [4.78, 5) is 27.4. The Morgan fingerprint density at radius 2 is 2.04 bits per heavy atom. The number of carbonyl (C=O) groups is 1. The Labute approximate surface area is 146 Å². The smallest absolute Gasteiger partial charge is 0.269 e. The lowest BCUT2D eigenvalue weighted by Crippen LogP contribution is -2.13. The largest absolute Gasteiger partial charge is 0.301 e. The molecule has 0 bridgehead atoms. The minimum absolute atomic E-state index is 0.0357. The van der Waals surface area contributed by atoms with Crippen LogP contribution in [0.2, 0.25) is 0 Å². The van der Waals surface area contributed by atoms with Gasteiger partial charge in [0.25, 0.3) is 5.69 Å². The van der Waals surface area contributed by atoms with Gasteiger partial charge in [-0.1, -0.05) is 17.4 Å². The zero-order valence-electron chi connectivity index (χ0n) is 12.7. The average Bonchev–Trinajstić information content (AvgIpc) is 2.94. The molecular weight excluding hydrogens is 346 g/mol. The van der Waals surface area contributed by atoms with Gasteiger partial charge in [-0.3, -0.25) is 14.9 Å². The van der Waals surface area contributed by atoms with Crippen molar-refractivity contribution in [1.82, 2.24) is 4.98 Å². The van der Waals surface area contributed by atoms with Gasteiger partial charge in [0.2, 0.25) is 5.91 Å². The molecule has 0 saturated heterocycles. The number of carbonyl (C=O) groups excluding carboxylic acids is 1. The van der Waals surface area contributed by atoms with E-state index in [0.29, 0.717) is 5.13 Å². The van der Waals surface area contributed by atoms with Gasteiger partial charge >= 0.3 is 0 Å². The summed E-state index contributed by atoms with van der Waals surface area (Å²) < 4.78 is 1.04. The summed E-state index contributed by atoms with van der Waals surface area (Å²) in [5.41, 5.74) is 2.05. The van der Waals surface area contributed by atoms with E-state index in [1.807, 2.05) is 25.1 Å². The molecule has 3 rings (SSSR count). The van der Waals surface area contributed by atoms with Crippen molar-refractivity contribution < 1.29 is 9.72 Å². The molecule has 24 heavy (non-hydrogen) atoms. The van der Waals surface area contributed by atoms with Gasteiger partial charge in [-0.05, 0) is 36.8 Å².